The summed E-state index contributed by atoms with van der Waals surface area (Å²) in [5, 5.41) is 14.2. The standard InChI is InChI=1S/C20H38N2O/c1-15(2)20(23)11-17-10-18(14-22(13-17)19-8-9-19)21-12-16-6-4-3-5-7-16/h15-21,23H,3-14H2,1-2H3. The van der Waals surface area contributed by atoms with Crippen LogP contribution in [0.4, 0.5) is 0 Å². The van der Waals surface area contributed by atoms with Crippen molar-refractivity contribution in [2.75, 3.05) is 19.6 Å². The van der Waals surface area contributed by atoms with E-state index in [0.717, 1.165) is 18.4 Å². The highest BCUT2D eigenvalue weighted by Gasteiger charge is 2.36. The molecule has 3 atom stereocenters. The minimum absolute atomic E-state index is 0.127. The number of aliphatic hydroxyl groups is 1. The maximum absolute atomic E-state index is 10.3. The molecule has 0 aromatic carbocycles. The summed E-state index contributed by atoms with van der Waals surface area (Å²) >= 11 is 0. The highest BCUT2D eigenvalue weighted by molar-refractivity contribution is 4.93. The molecule has 0 radical (unpaired) electrons. The normalized spacial score (nSPS) is 32.3. The van der Waals surface area contributed by atoms with Crippen molar-refractivity contribution in [3.8, 4) is 0 Å². The van der Waals surface area contributed by atoms with Gasteiger partial charge in [0.2, 0.25) is 0 Å². The lowest BCUT2D eigenvalue weighted by Crippen LogP contribution is -2.51. The van der Waals surface area contributed by atoms with Crippen molar-refractivity contribution >= 4 is 0 Å². The maximum Gasteiger partial charge on any atom is 0.0566 e. The van der Waals surface area contributed by atoms with Gasteiger partial charge in [-0.3, -0.25) is 4.90 Å². The predicted octanol–water partition coefficient (Wildman–Crippen LogP) is 3.42. The van der Waals surface area contributed by atoms with Crippen LogP contribution in [-0.4, -0.2) is 47.8 Å². The summed E-state index contributed by atoms with van der Waals surface area (Å²) in [7, 11) is 0. The lowest BCUT2D eigenvalue weighted by molar-refractivity contribution is 0.0583. The van der Waals surface area contributed by atoms with Gasteiger partial charge in [-0.1, -0.05) is 33.1 Å². The molecule has 2 saturated carbocycles. The van der Waals surface area contributed by atoms with Gasteiger partial charge < -0.3 is 10.4 Å². The first-order valence-corrected chi connectivity index (χ1v) is 10.3. The van der Waals surface area contributed by atoms with Gasteiger partial charge in [-0.15, -0.1) is 0 Å². The van der Waals surface area contributed by atoms with E-state index in [0.29, 0.717) is 17.9 Å². The Morgan fingerprint density at radius 3 is 2.39 bits per heavy atom. The molecule has 1 aliphatic heterocycles. The van der Waals surface area contributed by atoms with Crippen molar-refractivity contribution in [1.29, 1.82) is 0 Å². The summed E-state index contributed by atoms with van der Waals surface area (Å²) in [6.07, 6.45) is 12.1. The van der Waals surface area contributed by atoms with Crippen molar-refractivity contribution in [3.63, 3.8) is 0 Å². The van der Waals surface area contributed by atoms with Gasteiger partial charge in [-0.05, 0) is 62.8 Å². The van der Waals surface area contributed by atoms with E-state index in [-0.39, 0.29) is 6.10 Å². The van der Waals surface area contributed by atoms with Gasteiger partial charge >= 0.3 is 0 Å². The summed E-state index contributed by atoms with van der Waals surface area (Å²) in [4.78, 5) is 2.72. The molecule has 3 nitrogen and oxygen atoms in total. The molecule has 0 bridgehead atoms. The molecular formula is C20H38N2O. The molecule has 2 N–H and O–H groups in total. The number of hydrogen-bond donors (Lipinski definition) is 2. The molecule has 0 aromatic rings. The zero-order valence-corrected chi connectivity index (χ0v) is 15.3. The highest BCUT2D eigenvalue weighted by Crippen LogP contribution is 2.33. The molecule has 23 heavy (non-hydrogen) atoms. The fraction of sp³-hybridized carbons (Fsp3) is 1.00. The molecule has 3 rings (SSSR count). The van der Waals surface area contributed by atoms with E-state index in [1.807, 2.05) is 0 Å². The number of nitrogens with one attached hydrogen (secondary N) is 1. The zero-order chi connectivity index (χ0) is 16.2. The maximum atomic E-state index is 10.3. The Kier molecular flexibility index (Phi) is 6.39. The van der Waals surface area contributed by atoms with Crippen LogP contribution < -0.4 is 5.32 Å². The fourth-order valence-corrected chi connectivity index (χ4v) is 4.64. The van der Waals surface area contributed by atoms with Crippen molar-refractivity contribution in [3.05, 3.63) is 0 Å². The molecule has 0 amide bonds. The van der Waals surface area contributed by atoms with Crippen LogP contribution in [0.1, 0.15) is 71.6 Å². The van der Waals surface area contributed by atoms with E-state index < -0.39 is 0 Å². The molecule has 1 heterocycles. The molecule has 3 heteroatoms. The van der Waals surface area contributed by atoms with Gasteiger partial charge in [0.25, 0.3) is 0 Å². The minimum atomic E-state index is -0.127. The Hall–Kier alpha value is -0.120. The van der Waals surface area contributed by atoms with Crippen molar-refractivity contribution < 1.29 is 5.11 Å². The monoisotopic (exact) mass is 322 g/mol. The lowest BCUT2D eigenvalue weighted by Gasteiger charge is -2.40. The number of rotatable bonds is 7. The summed E-state index contributed by atoms with van der Waals surface area (Å²) in [5.41, 5.74) is 0. The Bertz CT molecular complexity index is 348. The van der Waals surface area contributed by atoms with E-state index in [4.69, 9.17) is 0 Å². The van der Waals surface area contributed by atoms with E-state index in [2.05, 4.69) is 24.1 Å². The third kappa shape index (κ3) is 5.44. The van der Waals surface area contributed by atoms with Crippen LogP contribution >= 0.6 is 0 Å². The van der Waals surface area contributed by atoms with Crippen LogP contribution in [0.5, 0.6) is 0 Å². The number of aliphatic hydroxyl groups excluding tert-OH is 1. The number of piperidine rings is 1. The molecule has 1 saturated heterocycles. The third-order valence-corrected chi connectivity index (χ3v) is 6.39. The highest BCUT2D eigenvalue weighted by atomic mass is 16.3. The second-order valence-electron chi connectivity index (χ2n) is 8.94. The first-order valence-electron chi connectivity index (χ1n) is 10.3. The second kappa shape index (κ2) is 8.31. The second-order valence-corrected chi connectivity index (χ2v) is 8.94. The van der Waals surface area contributed by atoms with Gasteiger partial charge in [-0.25, -0.2) is 0 Å². The van der Waals surface area contributed by atoms with Crippen LogP contribution in [0.15, 0.2) is 0 Å². The average molecular weight is 323 g/mol. The first-order chi connectivity index (χ1) is 11.1. The lowest BCUT2D eigenvalue weighted by atomic mass is 9.85. The molecular weight excluding hydrogens is 284 g/mol. The SMILES string of the molecule is CC(C)C(O)CC1CC(NCC2CCCCC2)CN(C2CC2)C1. The Balaban J connectivity index is 1.49. The van der Waals surface area contributed by atoms with Crippen LogP contribution in [0.3, 0.4) is 0 Å². The number of hydrogen-bond acceptors (Lipinski definition) is 3. The van der Waals surface area contributed by atoms with Crippen molar-refractivity contribution in [1.82, 2.24) is 10.2 Å². The molecule has 134 valence electrons. The average Bonchev–Trinajstić information content (AvgIpc) is 3.38. The van der Waals surface area contributed by atoms with Crippen molar-refractivity contribution in [2.24, 2.45) is 17.8 Å². The summed E-state index contributed by atoms with van der Waals surface area (Å²) in [6.45, 7) is 7.97. The molecule has 3 aliphatic rings. The van der Waals surface area contributed by atoms with Crippen molar-refractivity contribution in [2.45, 2.75) is 89.8 Å². The Morgan fingerprint density at radius 2 is 1.74 bits per heavy atom. The van der Waals surface area contributed by atoms with Gasteiger partial charge in [0.15, 0.2) is 0 Å². The molecule has 0 aromatic heterocycles. The van der Waals surface area contributed by atoms with Crippen LogP contribution in [0.2, 0.25) is 0 Å². The van der Waals surface area contributed by atoms with Crippen LogP contribution in [0.25, 0.3) is 0 Å². The van der Waals surface area contributed by atoms with E-state index in [1.54, 1.807) is 0 Å². The molecule has 3 unspecified atom stereocenters. The summed E-state index contributed by atoms with van der Waals surface area (Å²) in [6, 6.07) is 1.50. The zero-order valence-electron chi connectivity index (χ0n) is 15.3. The van der Waals surface area contributed by atoms with Gasteiger partial charge in [-0.2, -0.15) is 0 Å². The summed E-state index contributed by atoms with van der Waals surface area (Å²) in [5.74, 6) is 1.98. The van der Waals surface area contributed by atoms with Gasteiger partial charge in [0.05, 0.1) is 6.10 Å². The van der Waals surface area contributed by atoms with E-state index >= 15 is 0 Å². The minimum Gasteiger partial charge on any atom is -0.393 e. The smallest absolute Gasteiger partial charge is 0.0566 e. The quantitative estimate of drug-likeness (QED) is 0.754. The molecule has 3 fully saturated rings. The summed E-state index contributed by atoms with van der Waals surface area (Å²) < 4.78 is 0. The van der Waals surface area contributed by atoms with Gasteiger partial charge in [0, 0.05) is 25.2 Å². The van der Waals surface area contributed by atoms with E-state index in [9.17, 15) is 5.11 Å². The molecule has 0 spiro atoms. The number of nitrogens with zero attached hydrogens (tertiary/aromatic N) is 1. The van der Waals surface area contributed by atoms with Crippen LogP contribution in [-0.2, 0) is 0 Å². The molecule has 2 aliphatic carbocycles. The van der Waals surface area contributed by atoms with Crippen LogP contribution in [0, 0.1) is 17.8 Å². The number of likely N-dealkylation sites (tertiary alicyclic amines) is 1. The van der Waals surface area contributed by atoms with Gasteiger partial charge in [0.1, 0.15) is 0 Å². The van der Waals surface area contributed by atoms with E-state index in [1.165, 1.54) is 71.0 Å². The first kappa shape index (κ1) is 17.7. The predicted molar refractivity (Wildman–Crippen MR) is 96.5 cm³/mol. The Morgan fingerprint density at radius 1 is 1.00 bits per heavy atom. The third-order valence-electron chi connectivity index (χ3n) is 6.39. The topological polar surface area (TPSA) is 35.5 Å². The largest absolute Gasteiger partial charge is 0.393 e. The fourth-order valence-electron chi connectivity index (χ4n) is 4.64. The Labute approximate surface area is 143 Å².